The SMILES string of the molecule is CC(CCC1(N)CC1)c1cc(F)ccc1F. The lowest BCUT2D eigenvalue weighted by Gasteiger charge is -2.15. The molecule has 0 radical (unpaired) electrons. The Morgan fingerprint density at radius 3 is 2.69 bits per heavy atom. The van der Waals surface area contributed by atoms with Crippen molar-refractivity contribution in [3.8, 4) is 0 Å². The Kier molecular flexibility index (Phi) is 2.98. The van der Waals surface area contributed by atoms with Gasteiger partial charge < -0.3 is 5.73 Å². The lowest BCUT2D eigenvalue weighted by atomic mass is 9.93. The van der Waals surface area contributed by atoms with Crippen LogP contribution in [0.3, 0.4) is 0 Å². The average molecular weight is 225 g/mol. The molecule has 1 unspecified atom stereocenters. The topological polar surface area (TPSA) is 26.0 Å². The van der Waals surface area contributed by atoms with Gasteiger partial charge in [0, 0.05) is 5.54 Å². The van der Waals surface area contributed by atoms with E-state index in [0.717, 1.165) is 31.7 Å². The molecule has 1 aliphatic carbocycles. The van der Waals surface area contributed by atoms with Gasteiger partial charge in [0.15, 0.2) is 0 Å². The third-order valence-corrected chi connectivity index (χ3v) is 3.46. The Bertz CT molecular complexity index is 386. The minimum atomic E-state index is -0.378. The van der Waals surface area contributed by atoms with Gasteiger partial charge in [-0.1, -0.05) is 6.92 Å². The highest BCUT2D eigenvalue weighted by Crippen LogP contribution is 2.39. The van der Waals surface area contributed by atoms with Gasteiger partial charge >= 0.3 is 0 Å². The van der Waals surface area contributed by atoms with E-state index in [0.29, 0.717) is 5.56 Å². The summed E-state index contributed by atoms with van der Waals surface area (Å²) in [6.45, 7) is 1.92. The summed E-state index contributed by atoms with van der Waals surface area (Å²) in [5.74, 6) is -0.676. The minimum Gasteiger partial charge on any atom is -0.325 e. The van der Waals surface area contributed by atoms with Crippen LogP contribution in [0, 0.1) is 11.6 Å². The van der Waals surface area contributed by atoms with Gasteiger partial charge in [-0.05, 0) is 55.4 Å². The molecular weight excluding hydrogens is 208 g/mol. The molecule has 1 saturated carbocycles. The van der Waals surface area contributed by atoms with Crippen molar-refractivity contribution >= 4 is 0 Å². The van der Waals surface area contributed by atoms with Gasteiger partial charge in [-0.15, -0.1) is 0 Å². The van der Waals surface area contributed by atoms with Crippen molar-refractivity contribution in [1.29, 1.82) is 0 Å². The second kappa shape index (κ2) is 4.13. The minimum absolute atomic E-state index is 0.0158. The van der Waals surface area contributed by atoms with E-state index in [1.165, 1.54) is 12.1 Å². The molecular formula is C13H17F2N. The van der Waals surface area contributed by atoms with Crippen molar-refractivity contribution in [3.63, 3.8) is 0 Å². The molecule has 1 aromatic carbocycles. The molecule has 1 nitrogen and oxygen atoms in total. The Balaban J connectivity index is 2.01. The highest BCUT2D eigenvalue weighted by molar-refractivity contribution is 5.22. The van der Waals surface area contributed by atoms with Crippen LogP contribution in [0.2, 0.25) is 0 Å². The summed E-state index contributed by atoms with van der Waals surface area (Å²) in [7, 11) is 0. The zero-order chi connectivity index (χ0) is 11.8. The Labute approximate surface area is 94.7 Å². The number of benzene rings is 1. The van der Waals surface area contributed by atoms with Crippen molar-refractivity contribution in [2.45, 2.75) is 44.1 Å². The molecule has 0 amide bonds. The van der Waals surface area contributed by atoms with E-state index in [9.17, 15) is 8.78 Å². The van der Waals surface area contributed by atoms with E-state index in [1.807, 2.05) is 6.92 Å². The maximum Gasteiger partial charge on any atom is 0.126 e. The van der Waals surface area contributed by atoms with Crippen molar-refractivity contribution in [2.75, 3.05) is 0 Å². The third-order valence-electron chi connectivity index (χ3n) is 3.46. The first-order valence-corrected chi connectivity index (χ1v) is 5.74. The Morgan fingerprint density at radius 2 is 2.06 bits per heavy atom. The van der Waals surface area contributed by atoms with Crippen LogP contribution in [0.25, 0.3) is 0 Å². The van der Waals surface area contributed by atoms with Crippen LogP contribution in [0.4, 0.5) is 8.78 Å². The summed E-state index contributed by atoms with van der Waals surface area (Å²) < 4.78 is 26.5. The highest BCUT2D eigenvalue weighted by atomic mass is 19.1. The first-order valence-electron chi connectivity index (χ1n) is 5.74. The smallest absolute Gasteiger partial charge is 0.126 e. The molecule has 1 atom stereocenters. The molecule has 1 aromatic rings. The van der Waals surface area contributed by atoms with E-state index in [-0.39, 0.29) is 23.1 Å². The van der Waals surface area contributed by atoms with Gasteiger partial charge in [0.2, 0.25) is 0 Å². The summed E-state index contributed by atoms with van der Waals surface area (Å²) >= 11 is 0. The molecule has 2 rings (SSSR count). The maximum absolute atomic E-state index is 13.5. The molecule has 88 valence electrons. The van der Waals surface area contributed by atoms with E-state index < -0.39 is 0 Å². The predicted molar refractivity (Wildman–Crippen MR) is 60.2 cm³/mol. The van der Waals surface area contributed by atoms with Crippen LogP contribution < -0.4 is 5.73 Å². The van der Waals surface area contributed by atoms with Gasteiger partial charge in [-0.2, -0.15) is 0 Å². The van der Waals surface area contributed by atoms with Gasteiger partial charge in [-0.3, -0.25) is 0 Å². The van der Waals surface area contributed by atoms with Gasteiger partial charge in [0.25, 0.3) is 0 Å². The van der Waals surface area contributed by atoms with Crippen LogP contribution >= 0.6 is 0 Å². The summed E-state index contributed by atoms with van der Waals surface area (Å²) in [4.78, 5) is 0. The molecule has 0 aromatic heterocycles. The quantitative estimate of drug-likeness (QED) is 0.835. The second-order valence-electron chi connectivity index (χ2n) is 4.97. The number of halogens is 2. The second-order valence-corrected chi connectivity index (χ2v) is 4.97. The van der Waals surface area contributed by atoms with Crippen LogP contribution in [0.5, 0.6) is 0 Å². The average Bonchev–Trinajstić information content (AvgIpc) is 2.97. The number of hydrogen-bond acceptors (Lipinski definition) is 1. The zero-order valence-corrected chi connectivity index (χ0v) is 9.47. The van der Waals surface area contributed by atoms with Crippen molar-refractivity contribution < 1.29 is 8.78 Å². The van der Waals surface area contributed by atoms with Crippen LogP contribution in [0.15, 0.2) is 18.2 Å². The maximum atomic E-state index is 13.5. The normalized spacial score (nSPS) is 19.5. The Morgan fingerprint density at radius 1 is 1.38 bits per heavy atom. The van der Waals surface area contributed by atoms with E-state index in [2.05, 4.69) is 0 Å². The third kappa shape index (κ3) is 2.59. The molecule has 0 spiro atoms. The van der Waals surface area contributed by atoms with Crippen LogP contribution in [-0.4, -0.2) is 5.54 Å². The highest BCUT2D eigenvalue weighted by Gasteiger charge is 2.37. The standard InChI is InChI=1S/C13H17F2N/c1-9(4-5-13(16)6-7-13)11-8-10(14)2-3-12(11)15/h2-3,8-9H,4-7,16H2,1H3. The Hall–Kier alpha value is -0.960. The summed E-state index contributed by atoms with van der Waals surface area (Å²) in [6.07, 6.45) is 3.83. The number of nitrogens with two attached hydrogens (primary N) is 1. The first-order chi connectivity index (χ1) is 7.50. The van der Waals surface area contributed by atoms with E-state index in [1.54, 1.807) is 0 Å². The predicted octanol–water partition coefficient (Wildman–Crippen LogP) is 3.34. The van der Waals surface area contributed by atoms with Gasteiger partial charge in [-0.25, -0.2) is 8.78 Å². The fourth-order valence-corrected chi connectivity index (χ4v) is 1.96. The molecule has 0 bridgehead atoms. The van der Waals surface area contributed by atoms with E-state index in [4.69, 9.17) is 5.73 Å². The van der Waals surface area contributed by atoms with Crippen molar-refractivity contribution in [3.05, 3.63) is 35.4 Å². The van der Waals surface area contributed by atoms with Gasteiger partial charge in [0.1, 0.15) is 11.6 Å². The number of rotatable bonds is 4. The van der Waals surface area contributed by atoms with Crippen LogP contribution in [0.1, 0.15) is 44.1 Å². The van der Waals surface area contributed by atoms with Crippen LogP contribution in [-0.2, 0) is 0 Å². The van der Waals surface area contributed by atoms with E-state index >= 15 is 0 Å². The molecule has 0 aliphatic heterocycles. The summed E-state index contributed by atoms with van der Waals surface area (Å²) in [6, 6.07) is 3.63. The summed E-state index contributed by atoms with van der Waals surface area (Å²) in [5, 5.41) is 0. The lowest BCUT2D eigenvalue weighted by Crippen LogP contribution is -2.22. The molecule has 0 saturated heterocycles. The fraction of sp³-hybridized carbons (Fsp3) is 0.538. The fourth-order valence-electron chi connectivity index (χ4n) is 1.96. The molecule has 0 heterocycles. The van der Waals surface area contributed by atoms with Crippen molar-refractivity contribution in [2.24, 2.45) is 5.73 Å². The zero-order valence-electron chi connectivity index (χ0n) is 9.47. The molecule has 1 fully saturated rings. The molecule has 1 aliphatic rings. The largest absolute Gasteiger partial charge is 0.325 e. The lowest BCUT2D eigenvalue weighted by molar-refractivity contribution is 0.508. The summed E-state index contributed by atoms with van der Waals surface area (Å²) in [5.41, 5.74) is 6.42. The molecule has 2 N–H and O–H groups in total. The molecule has 16 heavy (non-hydrogen) atoms. The first kappa shape index (κ1) is 11.5. The van der Waals surface area contributed by atoms with Crippen molar-refractivity contribution in [1.82, 2.24) is 0 Å². The monoisotopic (exact) mass is 225 g/mol. The molecule has 3 heteroatoms. The van der Waals surface area contributed by atoms with Gasteiger partial charge in [0.05, 0.1) is 0 Å². The number of hydrogen-bond donors (Lipinski definition) is 1.